The molecule has 9 heteroatoms. The normalized spacial score (nSPS) is 13.8. The van der Waals surface area contributed by atoms with Crippen molar-refractivity contribution in [2.75, 3.05) is 20.2 Å². The third-order valence-corrected chi connectivity index (χ3v) is 8.06. The molecule has 156 valence electrons. The van der Waals surface area contributed by atoms with Crippen molar-refractivity contribution in [3.8, 4) is 0 Å². The zero-order valence-electron chi connectivity index (χ0n) is 16.6. The third-order valence-electron chi connectivity index (χ3n) is 4.78. The highest BCUT2D eigenvalue weighted by Gasteiger charge is 2.34. The Bertz CT molecular complexity index is 1040. The number of ether oxygens (including phenoxy) is 1. The number of benzene rings is 1. The highest BCUT2D eigenvalue weighted by atomic mass is 32.2. The van der Waals surface area contributed by atoms with Gasteiger partial charge in [-0.1, -0.05) is 36.8 Å². The lowest BCUT2D eigenvalue weighted by Gasteiger charge is -2.27. The predicted octanol–water partition coefficient (Wildman–Crippen LogP) is 2.27. The molecule has 3 rings (SSSR count). The van der Waals surface area contributed by atoms with Crippen LogP contribution in [-0.4, -0.2) is 45.4 Å². The summed E-state index contributed by atoms with van der Waals surface area (Å²) in [5.74, 6) is -0.691. The molecule has 29 heavy (non-hydrogen) atoms. The van der Waals surface area contributed by atoms with Gasteiger partial charge in [-0.25, -0.2) is 17.9 Å². The van der Waals surface area contributed by atoms with Crippen LogP contribution in [0.2, 0.25) is 0 Å². The fourth-order valence-electron chi connectivity index (χ4n) is 3.45. The number of rotatable bonds is 6. The molecule has 1 aromatic carbocycles. The molecule has 0 spiro atoms. The van der Waals surface area contributed by atoms with E-state index in [0.29, 0.717) is 23.4 Å². The third kappa shape index (κ3) is 4.52. The molecule has 2 aromatic rings. The largest absolute Gasteiger partial charge is 0.465 e. The van der Waals surface area contributed by atoms with Gasteiger partial charge in [0.05, 0.1) is 25.6 Å². The lowest BCUT2D eigenvalue weighted by molar-refractivity contribution is -0.131. The Morgan fingerprint density at radius 2 is 2.07 bits per heavy atom. The Labute approximate surface area is 174 Å². The molecular weight excluding hydrogens is 412 g/mol. The minimum absolute atomic E-state index is 0.0228. The van der Waals surface area contributed by atoms with Crippen molar-refractivity contribution >= 4 is 33.2 Å². The summed E-state index contributed by atoms with van der Waals surface area (Å²) in [6, 6.07) is 7.80. The molecule has 0 aliphatic carbocycles. The van der Waals surface area contributed by atoms with E-state index in [1.54, 1.807) is 11.8 Å². The van der Waals surface area contributed by atoms with E-state index in [0.717, 1.165) is 22.5 Å². The second-order valence-corrected chi connectivity index (χ2v) is 9.96. The van der Waals surface area contributed by atoms with E-state index in [-0.39, 0.29) is 35.2 Å². The molecule has 0 radical (unpaired) electrons. The first-order valence-electron chi connectivity index (χ1n) is 9.32. The van der Waals surface area contributed by atoms with E-state index >= 15 is 0 Å². The van der Waals surface area contributed by atoms with Gasteiger partial charge in [0.15, 0.2) is 0 Å². The molecule has 1 aromatic heterocycles. The first-order valence-corrected chi connectivity index (χ1v) is 11.6. The molecular formula is C20H24N2O5S2. The maximum atomic E-state index is 12.8. The number of hydrogen-bond acceptors (Lipinski definition) is 6. The molecule has 0 unspecified atom stereocenters. The van der Waals surface area contributed by atoms with Crippen LogP contribution in [0.15, 0.2) is 28.5 Å². The number of amides is 1. The summed E-state index contributed by atoms with van der Waals surface area (Å²) in [5.41, 5.74) is 2.80. The number of aryl methyl sites for hydroxylation is 1. The molecule has 0 fully saturated rings. The SMILES string of the molecule is CCNS(=O)(=O)c1sc2c(c1C(=O)OC)CCN(C(=O)Cc1cccc(C)c1)C2. The molecule has 0 atom stereocenters. The summed E-state index contributed by atoms with van der Waals surface area (Å²) in [6.07, 6.45) is 0.701. The minimum Gasteiger partial charge on any atom is -0.465 e. The lowest BCUT2D eigenvalue weighted by Crippen LogP contribution is -2.36. The number of fused-ring (bicyclic) bond motifs is 1. The van der Waals surface area contributed by atoms with Crippen LogP contribution in [0.1, 0.15) is 38.8 Å². The number of carbonyl (C=O) groups is 2. The van der Waals surface area contributed by atoms with Gasteiger partial charge < -0.3 is 9.64 Å². The quantitative estimate of drug-likeness (QED) is 0.702. The fraction of sp³-hybridized carbons (Fsp3) is 0.400. The van der Waals surface area contributed by atoms with E-state index in [4.69, 9.17) is 4.74 Å². The van der Waals surface area contributed by atoms with Gasteiger partial charge in [-0.2, -0.15) is 0 Å². The van der Waals surface area contributed by atoms with Gasteiger partial charge in [0, 0.05) is 18.0 Å². The van der Waals surface area contributed by atoms with Gasteiger partial charge in [0.2, 0.25) is 5.91 Å². The van der Waals surface area contributed by atoms with Gasteiger partial charge in [-0.3, -0.25) is 4.79 Å². The van der Waals surface area contributed by atoms with E-state index in [2.05, 4.69) is 4.72 Å². The zero-order valence-corrected chi connectivity index (χ0v) is 18.3. The minimum atomic E-state index is -3.82. The van der Waals surface area contributed by atoms with Crippen LogP contribution < -0.4 is 4.72 Å². The highest BCUT2D eigenvalue weighted by molar-refractivity contribution is 7.91. The average Bonchev–Trinajstić information content (AvgIpc) is 3.07. The van der Waals surface area contributed by atoms with Crippen molar-refractivity contribution in [1.82, 2.24) is 9.62 Å². The van der Waals surface area contributed by atoms with Gasteiger partial charge in [0.1, 0.15) is 4.21 Å². The average molecular weight is 437 g/mol. The lowest BCUT2D eigenvalue weighted by atomic mass is 10.0. The van der Waals surface area contributed by atoms with Crippen molar-refractivity contribution in [2.24, 2.45) is 0 Å². The molecule has 2 heterocycles. The van der Waals surface area contributed by atoms with E-state index in [1.807, 2.05) is 31.2 Å². The fourth-order valence-corrected chi connectivity index (χ4v) is 6.44. The first kappa shape index (κ1) is 21.5. The van der Waals surface area contributed by atoms with Crippen LogP contribution in [0.3, 0.4) is 0 Å². The van der Waals surface area contributed by atoms with Crippen LogP contribution in [0.25, 0.3) is 0 Å². The Hall–Kier alpha value is -2.23. The molecule has 1 amide bonds. The van der Waals surface area contributed by atoms with Gasteiger partial charge in [-0.15, -0.1) is 11.3 Å². The summed E-state index contributed by atoms with van der Waals surface area (Å²) < 4.78 is 32.4. The summed E-state index contributed by atoms with van der Waals surface area (Å²) >= 11 is 1.04. The maximum absolute atomic E-state index is 12.8. The first-order chi connectivity index (χ1) is 13.8. The molecule has 0 saturated heterocycles. The second-order valence-electron chi connectivity index (χ2n) is 6.89. The molecule has 1 N–H and O–H groups in total. The second kappa shape index (κ2) is 8.64. The standard InChI is InChI=1S/C20H24N2O5S2/c1-4-21-29(25,26)20-18(19(24)27-3)15-8-9-22(12-16(15)28-20)17(23)11-14-7-5-6-13(2)10-14/h5-7,10,21H,4,8-9,11-12H2,1-3H3. The summed E-state index contributed by atoms with van der Waals surface area (Å²) in [7, 11) is -2.58. The number of methoxy groups -OCH3 is 1. The number of esters is 1. The van der Waals surface area contributed by atoms with Gasteiger partial charge in [0.25, 0.3) is 10.0 Å². The molecule has 1 aliphatic heterocycles. The van der Waals surface area contributed by atoms with E-state index in [1.165, 1.54) is 7.11 Å². The number of carbonyl (C=O) groups excluding carboxylic acids is 2. The van der Waals surface area contributed by atoms with Crippen LogP contribution >= 0.6 is 11.3 Å². The van der Waals surface area contributed by atoms with E-state index in [9.17, 15) is 18.0 Å². The van der Waals surface area contributed by atoms with Crippen molar-refractivity contribution in [1.29, 1.82) is 0 Å². The summed E-state index contributed by atoms with van der Waals surface area (Å²) in [4.78, 5) is 27.5. The number of nitrogens with one attached hydrogen (secondary N) is 1. The van der Waals surface area contributed by atoms with Crippen molar-refractivity contribution < 1.29 is 22.7 Å². The van der Waals surface area contributed by atoms with Crippen LogP contribution in [-0.2, 0) is 38.9 Å². The van der Waals surface area contributed by atoms with Crippen LogP contribution in [0.5, 0.6) is 0 Å². The molecule has 0 saturated carbocycles. The van der Waals surface area contributed by atoms with Crippen molar-refractivity contribution in [2.45, 2.75) is 37.4 Å². The van der Waals surface area contributed by atoms with Crippen LogP contribution in [0.4, 0.5) is 0 Å². The number of thiophene rings is 1. The van der Waals surface area contributed by atoms with Gasteiger partial charge >= 0.3 is 5.97 Å². The molecule has 1 aliphatic rings. The summed E-state index contributed by atoms with van der Waals surface area (Å²) in [6.45, 7) is 4.59. The predicted molar refractivity (Wildman–Crippen MR) is 111 cm³/mol. The summed E-state index contributed by atoms with van der Waals surface area (Å²) in [5, 5.41) is 0. The zero-order chi connectivity index (χ0) is 21.2. The van der Waals surface area contributed by atoms with E-state index < -0.39 is 16.0 Å². The Kier molecular flexibility index (Phi) is 6.40. The van der Waals surface area contributed by atoms with Gasteiger partial charge in [-0.05, 0) is 24.5 Å². The Morgan fingerprint density at radius 3 is 2.72 bits per heavy atom. The maximum Gasteiger partial charge on any atom is 0.340 e. The van der Waals surface area contributed by atoms with Crippen molar-refractivity contribution in [3.05, 3.63) is 51.4 Å². The van der Waals surface area contributed by atoms with Crippen molar-refractivity contribution in [3.63, 3.8) is 0 Å². The number of nitrogens with zero attached hydrogens (tertiary/aromatic N) is 1. The highest BCUT2D eigenvalue weighted by Crippen LogP contribution is 2.36. The monoisotopic (exact) mass is 436 g/mol. The molecule has 7 nitrogen and oxygen atoms in total. The Balaban J connectivity index is 1.89. The smallest absolute Gasteiger partial charge is 0.340 e. The van der Waals surface area contributed by atoms with Crippen LogP contribution in [0, 0.1) is 6.92 Å². The number of sulfonamides is 1. The number of hydrogen-bond donors (Lipinski definition) is 1. The Morgan fingerprint density at radius 1 is 1.31 bits per heavy atom. The molecule has 0 bridgehead atoms. The topological polar surface area (TPSA) is 92.8 Å².